The number of benzene rings is 1. The fraction of sp³-hybridized carbons (Fsp3) is 0.500. The molecule has 25 heavy (non-hydrogen) atoms. The highest BCUT2D eigenvalue weighted by Gasteiger charge is 2.31. The van der Waals surface area contributed by atoms with Crippen molar-refractivity contribution < 1.29 is 19.1 Å². The number of rotatable bonds is 5. The topological polar surface area (TPSA) is 88.4 Å². The van der Waals surface area contributed by atoms with Gasteiger partial charge in [-0.05, 0) is 43.0 Å². The lowest BCUT2D eigenvalue weighted by molar-refractivity contribution is -0.154. The van der Waals surface area contributed by atoms with Crippen molar-refractivity contribution in [1.29, 1.82) is 5.26 Å². The second-order valence-corrected chi connectivity index (χ2v) is 7.03. The van der Waals surface area contributed by atoms with Crippen LogP contribution in [0.4, 0.5) is 0 Å². The molecule has 1 aliphatic rings. The van der Waals surface area contributed by atoms with Gasteiger partial charge in [0.05, 0.1) is 12.0 Å². The van der Waals surface area contributed by atoms with Crippen LogP contribution in [0, 0.1) is 23.2 Å². The number of nitriles is 1. The molecule has 2 atom stereocenters. The van der Waals surface area contributed by atoms with Crippen LogP contribution >= 0.6 is 11.6 Å². The van der Waals surface area contributed by atoms with Crippen molar-refractivity contribution in [2.45, 2.75) is 32.7 Å². The summed E-state index contributed by atoms with van der Waals surface area (Å²) >= 11 is 5.96. The Labute approximate surface area is 152 Å². The van der Waals surface area contributed by atoms with E-state index in [2.05, 4.69) is 11.4 Å². The van der Waals surface area contributed by atoms with Gasteiger partial charge in [0.25, 0.3) is 5.91 Å². The van der Waals surface area contributed by atoms with Gasteiger partial charge < -0.3 is 14.8 Å². The van der Waals surface area contributed by atoms with E-state index in [9.17, 15) is 14.9 Å². The van der Waals surface area contributed by atoms with Crippen LogP contribution in [-0.4, -0.2) is 30.6 Å². The maximum Gasteiger partial charge on any atom is 0.313 e. The summed E-state index contributed by atoms with van der Waals surface area (Å²) < 4.78 is 10.6. The molecule has 6 nitrogen and oxygen atoms in total. The zero-order valence-electron chi connectivity index (χ0n) is 14.5. The van der Waals surface area contributed by atoms with Crippen molar-refractivity contribution in [1.82, 2.24) is 5.32 Å². The highest BCUT2D eigenvalue weighted by atomic mass is 35.5. The quantitative estimate of drug-likeness (QED) is 0.811. The van der Waals surface area contributed by atoms with E-state index in [0.717, 1.165) is 5.56 Å². The van der Waals surface area contributed by atoms with E-state index in [1.165, 1.54) is 0 Å². The fourth-order valence-corrected chi connectivity index (χ4v) is 2.59. The largest absolute Gasteiger partial charge is 0.492 e. The molecule has 0 bridgehead atoms. The predicted molar refractivity (Wildman–Crippen MR) is 92.1 cm³/mol. The molecular formula is C18H21ClN2O4. The minimum absolute atomic E-state index is 0.0786. The Morgan fingerprint density at radius 2 is 2.24 bits per heavy atom. The fourth-order valence-electron chi connectivity index (χ4n) is 2.40. The van der Waals surface area contributed by atoms with Gasteiger partial charge >= 0.3 is 5.97 Å². The Morgan fingerprint density at radius 1 is 1.52 bits per heavy atom. The van der Waals surface area contributed by atoms with Crippen LogP contribution in [0.5, 0.6) is 5.75 Å². The lowest BCUT2D eigenvalue weighted by Gasteiger charge is -2.27. The molecule has 0 saturated carbocycles. The van der Waals surface area contributed by atoms with Gasteiger partial charge in [0.2, 0.25) is 0 Å². The molecule has 1 heterocycles. The number of nitrogens with zero attached hydrogens (tertiary/aromatic N) is 1. The van der Waals surface area contributed by atoms with Crippen LogP contribution in [-0.2, 0) is 20.7 Å². The molecule has 7 heteroatoms. The predicted octanol–water partition coefficient (Wildman–Crippen LogP) is 2.49. The van der Waals surface area contributed by atoms with Gasteiger partial charge in [-0.15, -0.1) is 0 Å². The van der Waals surface area contributed by atoms with Gasteiger partial charge in [0.15, 0.2) is 6.61 Å². The molecule has 0 spiro atoms. The number of nitrogens with one attached hydrogen (secondary N) is 1. The second kappa shape index (κ2) is 7.75. The summed E-state index contributed by atoms with van der Waals surface area (Å²) in [4.78, 5) is 24.2. The molecule has 0 radical (unpaired) electrons. The molecule has 134 valence electrons. The number of esters is 1. The Bertz CT molecular complexity index is 714. The standard InChI is InChI=1S/C18H21ClN2O4/c1-11(2)18(3,10-20)21-16(22)9-25-17(23)13-6-12-7-14(19)4-5-15(12)24-8-13/h4-5,7,11,13H,6,8-9H2,1-3H3,(H,21,22)/t13-,18+/m1/s1. The molecule has 1 aromatic carbocycles. The van der Waals surface area contributed by atoms with Crippen molar-refractivity contribution in [2.24, 2.45) is 11.8 Å². The van der Waals surface area contributed by atoms with Crippen molar-refractivity contribution in [3.63, 3.8) is 0 Å². The molecule has 0 saturated heterocycles. The van der Waals surface area contributed by atoms with Crippen LogP contribution in [0.15, 0.2) is 18.2 Å². The van der Waals surface area contributed by atoms with Gasteiger partial charge in [-0.1, -0.05) is 25.4 Å². The molecule has 0 unspecified atom stereocenters. The molecule has 1 aliphatic heterocycles. The van der Waals surface area contributed by atoms with Crippen molar-refractivity contribution >= 4 is 23.5 Å². The second-order valence-electron chi connectivity index (χ2n) is 6.59. The Balaban J connectivity index is 1.89. The average molecular weight is 365 g/mol. The summed E-state index contributed by atoms with van der Waals surface area (Å²) in [7, 11) is 0. The van der Waals surface area contributed by atoms with Crippen molar-refractivity contribution in [2.75, 3.05) is 13.2 Å². The van der Waals surface area contributed by atoms with E-state index in [4.69, 9.17) is 21.1 Å². The zero-order valence-corrected chi connectivity index (χ0v) is 15.2. The van der Waals surface area contributed by atoms with E-state index in [1.807, 2.05) is 13.8 Å². The highest BCUT2D eigenvalue weighted by molar-refractivity contribution is 6.30. The summed E-state index contributed by atoms with van der Waals surface area (Å²) in [6.45, 7) is 5.06. The van der Waals surface area contributed by atoms with Gasteiger partial charge in [-0.25, -0.2) is 0 Å². The first kappa shape index (κ1) is 19.1. The normalized spacial score (nSPS) is 18.3. The number of carbonyl (C=O) groups excluding carboxylic acids is 2. The number of ether oxygens (including phenoxy) is 2. The summed E-state index contributed by atoms with van der Waals surface area (Å²) in [5, 5.41) is 12.4. The molecule has 1 aromatic rings. The lowest BCUT2D eigenvalue weighted by Crippen LogP contribution is -2.50. The van der Waals surface area contributed by atoms with Gasteiger partial charge in [0, 0.05) is 5.02 Å². The maximum absolute atomic E-state index is 12.2. The third kappa shape index (κ3) is 4.64. The Kier molecular flexibility index (Phi) is 5.91. The first-order chi connectivity index (χ1) is 11.7. The molecule has 2 rings (SSSR count). The molecule has 0 aromatic heterocycles. The number of carbonyl (C=O) groups is 2. The number of fused-ring (bicyclic) bond motifs is 1. The van der Waals surface area contributed by atoms with E-state index in [-0.39, 0.29) is 12.5 Å². The molecule has 0 aliphatic carbocycles. The highest BCUT2D eigenvalue weighted by Crippen LogP contribution is 2.30. The van der Waals surface area contributed by atoms with Crippen LogP contribution in [0.25, 0.3) is 0 Å². The molecule has 1 N–H and O–H groups in total. The van der Waals surface area contributed by atoms with E-state index >= 15 is 0 Å². The maximum atomic E-state index is 12.2. The van der Waals surface area contributed by atoms with Crippen LogP contribution < -0.4 is 10.1 Å². The first-order valence-electron chi connectivity index (χ1n) is 8.05. The summed E-state index contributed by atoms with van der Waals surface area (Å²) in [5.41, 5.74) is -0.172. The van der Waals surface area contributed by atoms with Crippen LogP contribution in [0.2, 0.25) is 5.02 Å². The van der Waals surface area contributed by atoms with Crippen molar-refractivity contribution in [3.05, 3.63) is 28.8 Å². The van der Waals surface area contributed by atoms with Crippen molar-refractivity contribution in [3.8, 4) is 11.8 Å². The summed E-state index contributed by atoms with van der Waals surface area (Å²) in [6.07, 6.45) is 0.443. The molecular weight excluding hydrogens is 344 g/mol. The molecule has 0 fully saturated rings. The van der Waals surface area contributed by atoms with Crippen LogP contribution in [0.1, 0.15) is 26.3 Å². The SMILES string of the molecule is CC(C)[C@](C)(C#N)NC(=O)COC(=O)[C@H]1COc2ccc(Cl)cc2C1. The zero-order chi connectivity index (χ0) is 18.6. The molecule has 1 amide bonds. The summed E-state index contributed by atoms with van der Waals surface area (Å²) in [6, 6.07) is 7.32. The smallest absolute Gasteiger partial charge is 0.313 e. The van der Waals surface area contributed by atoms with Gasteiger partial charge in [0.1, 0.15) is 17.9 Å². The summed E-state index contributed by atoms with van der Waals surface area (Å²) in [5.74, 6) is -0.889. The van der Waals surface area contributed by atoms with E-state index < -0.39 is 29.9 Å². The minimum Gasteiger partial charge on any atom is -0.492 e. The first-order valence-corrected chi connectivity index (χ1v) is 8.43. The monoisotopic (exact) mass is 364 g/mol. The number of halogens is 1. The van der Waals surface area contributed by atoms with E-state index in [0.29, 0.717) is 17.2 Å². The third-order valence-electron chi connectivity index (χ3n) is 4.39. The minimum atomic E-state index is -1.01. The number of hydrogen-bond acceptors (Lipinski definition) is 5. The Morgan fingerprint density at radius 3 is 2.88 bits per heavy atom. The lowest BCUT2D eigenvalue weighted by atomic mass is 9.90. The Hall–Kier alpha value is -2.26. The van der Waals surface area contributed by atoms with Gasteiger partial charge in [-0.2, -0.15) is 5.26 Å². The van der Waals surface area contributed by atoms with Gasteiger partial charge in [-0.3, -0.25) is 9.59 Å². The number of amides is 1. The van der Waals surface area contributed by atoms with Crippen LogP contribution in [0.3, 0.4) is 0 Å². The number of hydrogen-bond donors (Lipinski definition) is 1. The third-order valence-corrected chi connectivity index (χ3v) is 4.63. The average Bonchev–Trinajstić information content (AvgIpc) is 2.58. The van der Waals surface area contributed by atoms with E-state index in [1.54, 1.807) is 25.1 Å².